The Labute approximate surface area is 203 Å². The predicted octanol–water partition coefficient (Wildman–Crippen LogP) is 4.28. The molecule has 3 heterocycles. The van der Waals surface area contributed by atoms with Gasteiger partial charge in [0, 0.05) is 42.1 Å². The monoisotopic (exact) mass is 476 g/mol. The molecule has 8 nitrogen and oxygen atoms in total. The molecular weight excluding hydrogens is 448 g/mol. The van der Waals surface area contributed by atoms with Crippen molar-refractivity contribution >= 4 is 34.5 Å². The van der Waals surface area contributed by atoms with Crippen molar-refractivity contribution in [2.24, 2.45) is 0 Å². The molecule has 0 radical (unpaired) electrons. The Morgan fingerprint density at radius 2 is 2.00 bits per heavy atom. The minimum Gasteiger partial charge on any atom is -0.493 e. The summed E-state index contributed by atoms with van der Waals surface area (Å²) in [4.78, 5) is 27.8. The first kappa shape index (κ1) is 23.0. The standard InChI is InChI=1S/C27H28N2O6/c1-3-33-22-16-19-14-17(2)34-23(19)15-18(22)8-9-24(30)28-25-20-6-4-5-7-21(20)35-26(25)27(31)29-10-12-32-13-11-29/h4-9,15-17H,3,10-14H2,1-2H3,(H,28,30)/b9-8+. The van der Waals surface area contributed by atoms with Crippen molar-refractivity contribution in [2.45, 2.75) is 26.4 Å². The second-order valence-electron chi connectivity index (χ2n) is 8.59. The van der Waals surface area contributed by atoms with Crippen LogP contribution in [-0.4, -0.2) is 55.7 Å². The van der Waals surface area contributed by atoms with Crippen LogP contribution >= 0.6 is 0 Å². The van der Waals surface area contributed by atoms with Gasteiger partial charge in [0.1, 0.15) is 28.9 Å². The number of para-hydroxylation sites is 1. The lowest BCUT2D eigenvalue weighted by molar-refractivity contribution is -0.111. The Morgan fingerprint density at radius 1 is 1.20 bits per heavy atom. The molecule has 0 bridgehead atoms. The van der Waals surface area contributed by atoms with Crippen molar-refractivity contribution < 1.29 is 28.2 Å². The summed E-state index contributed by atoms with van der Waals surface area (Å²) in [6.07, 6.45) is 4.05. The third-order valence-electron chi connectivity index (χ3n) is 6.08. The number of furan rings is 1. The van der Waals surface area contributed by atoms with E-state index in [4.69, 9.17) is 18.6 Å². The summed E-state index contributed by atoms with van der Waals surface area (Å²) in [5.41, 5.74) is 2.74. The SMILES string of the molecule is CCOc1cc2c(cc1/C=C/C(=O)Nc1c(C(=O)N3CCOCC3)oc3ccccc13)OC(C)C2. The van der Waals surface area contributed by atoms with Crippen LogP contribution in [0.5, 0.6) is 11.5 Å². The molecule has 1 fully saturated rings. The number of carbonyl (C=O) groups is 2. The number of rotatable bonds is 6. The van der Waals surface area contributed by atoms with E-state index in [-0.39, 0.29) is 23.7 Å². The summed E-state index contributed by atoms with van der Waals surface area (Å²) in [6.45, 7) is 6.35. The second kappa shape index (κ2) is 9.84. The van der Waals surface area contributed by atoms with Gasteiger partial charge in [-0.15, -0.1) is 0 Å². The maximum Gasteiger partial charge on any atom is 0.291 e. The lowest BCUT2D eigenvalue weighted by Crippen LogP contribution is -2.40. The Morgan fingerprint density at radius 3 is 2.80 bits per heavy atom. The van der Waals surface area contributed by atoms with Crippen LogP contribution in [0.4, 0.5) is 5.69 Å². The summed E-state index contributed by atoms with van der Waals surface area (Å²) >= 11 is 0. The van der Waals surface area contributed by atoms with E-state index in [2.05, 4.69) is 5.32 Å². The highest BCUT2D eigenvalue weighted by Crippen LogP contribution is 2.36. The van der Waals surface area contributed by atoms with E-state index in [0.29, 0.717) is 55.3 Å². The highest BCUT2D eigenvalue weighted by molar-refractivity contribution is 6.13. The molecule has 2 amide bonds. The van der Waals surface area contributed by atoms with Crippen molar-refractivity contribution in [3.05, 3.63) is 59.4 Å². The van der Waals surface area contributed by atoms with E-state index in [1.165, 1.54) is 6.08 Å². The highest BCUT2D eigenvalue weighted by Gasteiger charge is 2.27. The molecule has 2 aliphatic rings. The van der Waals surface area contributed by atoms with Crippen molar-refractivity contribution in [3.63, 3.8) is 0 Å². The lowest BCUT2D eigenvalue weighted by Gasteiger charge is -2.26. The van der Waals surface area contributed by atoms with E-state index in [0.717, 1.165) is 23.3 Å². The van der Waals surface area contributed by atoms with Gasteiger partial charge in [0.2, 0.25) is 11.7 Å². The van der Waals surface area contributed by atoms with Crippen LogP contribution in [0.3, 0.4) is 0 Å². The molecule has 0 spiro atoms. The Bertz CT molecular complexity index is 1290. The molecular formula is C27H28N2O6. The average molecular weight is 477 g/mol. The number of nitrogens with zero attached hydrogens (tertiary/aromatic N) is 1. The van der Waals surface area contributed by atoms with Gasteiger partial charge >= 0.3 is 0 Å². The maximum atomic E-state index is 13.2. The zero-order valence-electron chi connectivity index (χ0n) is 19.8. The molecule has 2 aliphatic heterocycles. The van der Waals surface area contributed by atoms with Gasteiger partial charge in [0.15, 0.2) is 0 Å². The first-order chi connectivity index (χ1) is 17.0. The zero-order valence-corrected chi connectivity index (χ0v) is 19.8. The molecule has 0 aliphatic carbocycles. The van der Waals surface area contributed by atoms with Crippen molar-refractivity contribution in [2.75, 3.05) is 38.2 Å². The topological polar surface area (TPSA) is 90.2 Å². The number of carbonyl (C=O) groups excluding carboxylic acids is 2. The summed E-state index contributed by atoms with van der Waals surface area (Å²) in [5, 5.41) is 3.53. The second-order valence-corrected chi connectivity index (χ2v) is 8.59. The van der Waals surface area contributed by atoms with E-state index in [9.17, 15) is 9.59 Å². The Kier molecular flexibility index (Phi) is 6.46. The normalized spacial score (nSPS) is 17.4. The van der Waals surface area contributed by atoms with Crippen molar-refractivity contribution in [1.29, 1.82) is 0 Å². The zero-order chi connectivity index (χ0) is 24.4. The number of hydrogen-bond donors (Lipinski definition) is 1. The van der Waals surface area contributed by atoms with Gasteiger partial charge < -0.3 is 28.8 Å². The number of amides is 2. The fourth-order valence-electron chi connectivity index (χ4n) is 4.43. The minimum atomic E-state index is -0.384. The van der Waals surface area contributed by atoms with Crippen LogP contribution in [0.2, 0.25) is 0 Å². The van der Waals surface area contributed by atoms with Gasteiger partial charge in [-0.1, -0.05) is 12.1 Å². The van der Waals surface area contributed by atoms with E-state index < -0.39 is 0 Å². The quantitative estimate of drug-likeness (QED) is 0.534. The third-order valence-corrected chi connectivity index (χ3v) is 6.08. The fourth-order valence-corrected chi connectivity index (χ4v) is 4.43. The average Bonchev–Trinajstić information content (AvgIpc) is 3.42. The maximum absolute atomic E-state index is 13.2. The largest absolute Gasteiger partial charge is 0.493 e. The van der Waals surface area contributed by atoms with Crippen molar-refractivity contribution in [3.8, 4) is 11.5 Å². The molecule has 1 unspecified atom stereocenters. The fraction of sp³-hybridized carbons (Fsp3) is 0.333. The summed E-state index contributed by atoms with van der Waals surface area (Å²) in [5.74, 6) is 0.965. The van der Waals surface area contributed by atoms with Gasteiger partial charge in [0.05, 0.1) is 19.8 Å². The van der Waals surface area contributed by atoms with Crippen LogP contribution in [0.25, 0.3) is 17.0 Å². The van der Waals surface area contributed by atoms with E-state index >= 15 is 0 Å². The molecule has 35 heavy (non-hydrogen) atoms. The molecule has 1 atom stereocenters. The molecule has 1 saturated heterocycles. The number of ether oxygens (including phenoxy) is 3. The van der Waals surface area contributed by atoms with E-state index in [1.807, 2.05) is 44.2 Å². The van der Waals surface area contributed by atoms with Crippen LogP contribution in [0.15, 0.2) is 46.9 Å². The first-order valence-electron chi connectivity index (χ1n) is 11.9. The Balaban J connectivity index is 1.41. The summed E-state index contributed by atoms with van der Waals surface area (Å²) in [7, 11) is 0. The molecule has 0 saturated carbocycles. The number of anilines is 1. The van der Waals surface area contributed by atoms with Crippen LogP contribution < -0.4 is 14.8 Å². The van der Waals surface area contributed by atoms with Crippen LogP contribution in [0, 0.1) is 0 Å². The van der Waals surface area contributed by atoms with Crippen molar-refractivity contribution in [1.82, 2.24) is 4.90 Å². The van der Waals surface area contributed by atoms with Gasteiger partial charge in [-0.3, -0.25) is 9.59 Å². The molecule has 1 N–H and O–H groups in total. The number of hydrogen-bond acceptors (Lipinski definition) is 6. The highest BCUT2D eigenvalue weighted by atomic mass is 16.5. The molecule has 5 rings (SSSR count). The number of morpholine rings is 1. The lowest BCUT2D eigenvalue weighted by atomic mass is 10.1. The molecule has 3 aromatic rings. The number of benzene rings is 2. The molecule has 1 aromatic heterocycles. The van der Waals surface area contributed by atoms with Crippen LogP contribution in [-0.2, 0) is 16.0 Å². The number of nitrogens with one attached hydrogen (secondary N) is 1. The first-order valence-corrected chi connectivity index (χ1v) is 11.9. The van der Waals surface area contributed by atoms with E-state index in [1.54, 1.807) is 17.0 Å². The minimum absolute atomic E-state index is 0.110. The third kappa shape index (κ3) is 4.74. The smallest absolute Gasteiger partial charge is 0.291 e. The Hall–Kier alpha value is -3.78. The van der Waals surface area contributed by atoms with Crippen LogP contribution in [0.1, 0.15) is 35.5 Å². The predicted molar refractivity (Wildman–Crippen MR) is 132 cm³/mol. The van der Waals surface area contributed by atoms with Gasteiger partial charge in [-0.25, -0.2) is 0 Å². The van der Waals surface area contributed by atoms with Gasteiger partial charge in [-0.05, 0) is 44.2 Å². The van der Waals surface area contributed by atoms with Gasteiger partial charge in [0.25, 0.3) is 5.91 Å². The summed E-state index contributed by atoms with van der Waals surface area (Å²) < 4.78 is 22.9. The summed E-state index contributed by atoms with van der Waals surface area (Å²) in [6, 6.07) is 11.1. The molecule has 2 aromatic carbocycles. The molecule has 182 valence electrons. The molecule has 8 heteroatoms. The van der Waals surface area contributed by atoms with Gasteiger partial charge in [-0.2, -0.15) is 0 Å². The number of fused-ring (bicyclic) bond motifs is 2.